The molecule has 0 aliphatic heterocycles. The average molecular weight is 424 g/mol. The molecule has 0 radical (unpaired) electrons. The zero-order valence-electron chi connectivity index (χ0n) is 12.0. The number of pyridine rings is 1. The fraction of sp³-hybridized carbons (Fsp3) is 0.200. The summed E-state index contributed by atoms with van der Waals surface area (Å²) in [5.74, 6) is -0.601. The van der Waals surface area contributed by atoms with Crippen molar-refractivity contribution in [2.24, 2.45) is 0 Å². The minimum Gasteiger partial charge on any atom is -0.350 e. The molecule has 24 heavy (non-hydrogen) atoms. The lowest BCUT2D eigenvalue weighted by Crippen LogP contribution is -2.34. The van der Waals surface area contributed by atoms with Gasteiger partial charge in [-0.15, -0.1) is 0 Å². The molecule has 1 aromatic carbocycles. The molecule has 0 fully saturated rings. The summed E-state index contributed by atoms with van der Waals surface area (Å²) in [6, 6.07) is 6.84. The van der Waals surface area contributed by atoms with Crippen LogP contribution in [0.15, 0.2) is 45.8 Å². The van der Waals surface area contributed by atoms with Crippen molar-refractivity contribution in [3.05, 3.63) is 67.5 Å². The summed E-state index contributed by atoms with van der Waals surface area (Å²) in [6.45, 7) is -0.421. The van der Waals surface area contributed by atoms with Gasteiger partial charge in [-0.05, 0) is 29.8 Å². The molecule has 0 aliphatic carbocycles. The first-order valence-corrected chi connectivity index (χ1v) is 7.83. The first-order chi connectivity index (χ1) is 11.2. The Balaban J connectivity index is 2.07. The second kappa shape index (κ2) is 7.40. The standard InChI is InChI=1S/C15H11BrClF3N2O2/c16-10-4-3-9(12(17)6-10)7-21-13(23)8-22-5-1-2-11(14(22)24)15(18,19)20/h1-6H,7-8H2,(H,21,23). The highest BCUT2D eigenvalue weighted by molar-refractivity contribution is 9.10. The molecule has 4 nitrogen and oxygen atoms in total. The first-order valence-electron chi connectivity index (χ1n) is 6.66. The Hall–Kier alpha value is -1.80. The van der Waals surface area contributed by atoms with Gasteiger partial charge in [0.25, 0.3) is 5.56 Å². The molecule has 1 amide bonds. The van der Waals surface area contributed by atoms with Crippen LogP contribution in [0.1, 0.15) is 11.1 Å². The number of alkyl halides is 3. The minimum absolute atomic E-state index is 0.0959. The maximum Gasteiger partial charge on any atom is 0.421 e. The molecular weight excluding hydrogens is 413 g/mol. The lowest BCUT2D eigenvalue weighted by Gasteiger charge is -2.11. The van der Waals surface area contributed by atoms with E-state index in [1.165, 1.54) is 0 Å². The Morgan fingerprint density at radius 2 is 2.00 bits per heavy atom. The molecule has 1 heterocycles. The summed E-state index contributed by atoms with van der Waals surface area (Å²) in [4.78, 5) is 23.6. The van der Waals surface area contributed by atoms with Gasteiger partial charge in [0.05, 0.1) is 0 Å². The Labute approximate surface area is 148 Å². The van der Waals surface area contributed by atoms with Crippen molar-refractivity contribution in [1.82, 2.24) is 9.88 Å². The van der Waals surface area contributed by atoms with E-state index in [2.05, 4.69) is 21.2 Å². The molecule has 128 valence electrons. The number of carbonyl (C=O) groups is 1. The summed E-state index contributed by atoms with van der Waals surface area (Å²) in [6.07, 6.45) is -3.63. The molecule has 0 bridgehead atoms. The maximum absolute atomic E-state index is 12.7. The van der Waals surface area contributed by atoms with Gasteiger partial charge >= 0.3 is 6.18 Å². The molecule has 2 rings (SSSR count). The van der Waals surface area contributed by atoms with Crippen LogP contribution in [0.5, 0.6) is 0 Å². The van der Waals surface area contributed by atoms with E-state index < -0.39 is 29.8 Å². The second-order valence-corrected chi connectivity index (χ2v) is 6.19. The number of rotatable bonds is 4. The lowest BCUT2D eigenvalue weighted by atomic mass is 10.2. The van der Waals surface area contributed by atoms with Crippen LogP contribution >= 0.6 is 27.5 Å². The van der Waals surface area contributed by atoms with E-state index in [1.54, 1.807) is 18.2 Å². The van der Waals surface area contributed by atoms with E-state index in [0.29, 0.717) is 21.2 Å². The third kappa shape index (κ3) is 4.61. The fourth-order valence-corrected chi connectivity index (χ4v) is 2.69. The van der Waals surface area contributed by atoms with Gasteiger partial charge < -0.3 is 9.88 Å². The van der Waals surface area contributed by atoms with E-state index in [-0.39, 0.29) is 6.54 Å². The molecule has 9 heteroatoms. The van der Waals surface area contributed by atoms with Gasteiger partial charge in [-0.2, -0.15) is 13.2 Å². The summed E-state index contributed by atoms with van der Waals surface area (Å²) in [7, 11) is 0. The summed E-state index contributed by atoms with van der Waals surface area (Å²) in [5, 5.41) is 2.94. The number of carbonyl (C=O) groups excluding carboxylic acids is 1. The number of hydrogen-bond acceptors (Lipinski definition) is 2. The van der Waals surface area contributed by atoms with Crippen LogP contribution in [0.3, 0.4) is 0 Å². The fourth-order valence-electron chi connectivity index (χ4n) is 1.95. The topological polar surface area (TPSA) is 51.1 Å². The van der Waals surface area contributed by atoms with Crippen molar-refractivity contribution in [2.75, 3.05) is 0 Å². The number of hydrogen-bond donors (Lipinski definition) is 1. The Morgan fingerprint density at radius 1 is 1.29 bits per heavy atom. The van der Waals surface area contributed by atoms with Gasteiger partial charge in [0.15, 0.2) is 0 Å². The predicted molar refractivity (Wildman–Crippen MR) is 86.7 cm³/mol. The van der Waals surface area contributed by atoms with Crippen molar-refractivity contribution in [3.63, 3.8) is 0 Å². The highest BCUT2D eigenvalue weighted by Crippen LogP contribution is 2.26. The molecule has 0 saturated carbocycles. The summed E-state index contributed by atoms with van der Waals surface area (Å²) in [5.41, 5.74) is -1.93. The third-order valence-corrected chi connectivity index (χ3v) is 3.98. The third-order valence-electron chi connectivity index (χ3n) is 3.13. The van der Waals surface area contributed by atoms with E-state index in [9.17, 15) is 22.8 Å². The van der Waals surface area contributed by atoms with Crippen LogP contribution in [0.4, 0.5) is 13.2 Å². The second-order valence-electron chi connectivity index (χ2n) is 4.87. The van der Waals surface area contributed by atoms with Crippen LogP contribution in [0.25, 0.3) is 0 Å². The van der Waals surface area contributed by atoms with E-state index in [1.807, 2.05) is 0 Å². The largest absolute Gasteiger partial charge is 0.421 e. The van der Waals surface area contributed by atoms with Gasteiger partial charge in [0.2, 0.25) is 5.91 Å². The van der Waals surface area contributed by atoms with Crippen LogP contribution in [0, 0.1) is 0 Å². The zero-order valence-corrected chi connectivity index (χ0v) is 14.4. The number of nitrogens with zero attached hydrogens (tertiary/aromatic N) is 1. The predicted octanol–water partition coefficient (Wildman–Crippen LogP) is 3.60. The molecule has 0 saturated heterocycles. The van der Waals surface area contributed by atoms with Gasteiger partial charge in [-0.1, -0.05) is 33.6 Å². The smallest absolute Gasteiger partial charge is 0.350 e. The van der Waals surface area contributed by atoms with Crippen LogP contribution in [-0.4, -0.2) is 10.5 Å². The van der Waals surface area contributed by atoms with Crippen molar-refractivity contribution >= 4 is 33.4 Å². The molecule has 0 unspecified atom stereocenters. The maximum atomic E-state index is 12.7. The molecule has 0 aliphatic rings. The van der Waals surface area contributed by atoms with Gasteiger partial charge in [0.1, 0.15) is 12.1 Å². The lowest BCUT2D eigenvalue weighted by molar-refractivity contribution is -0.139. The molecule has 0 spiro atoms. The van der Waals surface area contributed by atoms with Crippen molar-refractivity contribution in [2.45, 2.75) is 19.3 Å². The van der Waals surface area contributed by atoms with Crippen molar-refractivity contribution in [3.8, 4) is 0 Å². The van der Waals surface area contributed by atoms with E-state index in [4.69, 9.17) is 11.6 Å². The van der Waals surface area contributed by atoms with Gasteiger partial charge in [-0.25, -0.2) is 0 Å². The van der Waals surface area contributed by atoms with Crippen LogP contribution in [0.2, 0.25) is 5.02 Å². The van der Waals surface area contributed by atoms with E-state index in [0.717, 1.165) is 16.7 Å². The zero-order chi connectivity index (χ0) is 17.9. The number of benzene rings is 1. The average Bonchev–Trinajstić information content (AvgIpc) is 2.47. The number of amides is 1. The number of halogens is 5. The molecule has 2 aromatic rings. The number of aromatic nitrogens is 1. The molecule has 1 N–H and O–H groups in total. The summed E-state index contributed by atoms with van der Waals surface area (Å²) < 4.78 is 39.5. The normalized spacial score (nSPS) is 11.4. The van der Waals surface area contributed by atoms with Crippen molar-refractivity contribution < 1.29 is 18.0 Å². The summed E-state index contributed by atoms with van der Waals surface area (Å²) >= 11 is 9.26. The monoisotopic (exact) mass is 422 g/mol. The first kappa shape index (κ1) is 18.5. The highest BCUT2D eigenvalue weighted by atomic mass is 79.9. The SMILES string of the molecule is O=C(Cn1cccc(C(F)(F)F)c1=O)NCc1ccc(Br)cc1Cl. The Morgan fingerprint density at radius 3 is 2.62 bits per heavy atom. The van der Waals surface area contributed by atoms with E-state index >= 15 is 0 Å². The minimum atomic E-state index is -4.76. The van der Waals surface area contributed by atoms with Crippen molar-refractivity contribution in [1.29, 1.82) is 0 Å². The Kier molecular flexibility index (Phi) is 5.71. The Bertz CT molecular complexity index is 821. The quantitative estimate of drug-likeness (QED) is 0.817. The van der Waals surface area contributed by atoms with Gasteiger partial charge in [0, 0.05) is 22.2 Å². The molecule has 1 aromatic heterocycles. The van der Waals surface area contributed by atoms with Gasteiger partial charge in [-0.3, -0.25) is 9.59 Å². The number of nitrogens with one attached hydrogen (secondary N) is 1. The molecular formula is C15H11BrClF3N2O2. The highest BCUT2D eigenvalue weighted by Gasteiger charge is 2.34. The van der Waals surface area contributed by atoms with Crippen LogP contribution in [-0.2, 0) is 24.1 Å². The van der Waals surface area contributed by atoms with Crippen LogP contribution < -0.4 is 10.9 Å². The molecule has 0 atom stereocenters.